The lowest BCUT2D eigenvalue weighted by Gasteiger charge is -2.16. The van der Waals surface area contributed by atoms with Crippen LogP contribution in [-0.2, 0) is 14.4 Å². The minimum absolute atomic E-state index is 0.0370. The van der Waals surface area contributed by atoms with Crippen molar-refractivity contribution in [3.05, 3.63) is 83.4 Å². The van der Waals surface area contributed by atoms with E-state index >= 15 is 0 Å². The Kier molecular flexibility index (Phi) is 6.45. The Morgan fingerprint density at radius 2 is 1.75 bits per heavy atom. The smallest absolute Gasteiger partial charge is 0.276 e. The van der Waals surface area contributed by atoms with Crippen LogP contribution in [0, 0.1) is 0 Å². The van der Waals surface area contributed by atoms with Gasteiger partial charge in [0.1, 0.15) is 11.0 Å². The van der Waals surface area contributed by atoms with Gasteiger partial charge in [0.2, 0.25) is 11.8 Å². The second kappa shape index (κ2) is 9.84. The van der Waals surface area contributed by atoms with Gasteiger partial charge in [0.15, 0.2) is 10.9 Å². The van der Waals surface area contributed by atoms with Gasteiger partial charge in [-0.1, -0.05) is 41.6 Å². The summed E-state index contributed by atoms with van der Waals surface area (Å²) < 4.78 is 0. The highest BCUT2D eigenvalue weighted by molar-refractivity contribution is 8.16. The van der Waals surface area contributed by atoms with Gasteiger partial charge in [0.05, 0.1) is 11.4 Å². The van der Waals surface area contributed by atoms with Crippen LogP contribution < -0.4 is 15.5 Å². The van der Waals surface area contributed by atoms with Crippen LogP contribution in [0.5, 0.6) is 5.75 Å². The molecular weight excluding hydrogens is 502 g/mol. The molecule has 0 spiro atoms. The maximum Gasteiger partial charge on any atom is 0.276 e. The summed E-state index contributed by atoms with van der Waals surface area (Å²) in [6.07, 6.45) is -0.111. The van der Waals surface area contributed by atoms with Crippen LogP contribution in [0.1, 0.15) is 12.0 Å². The van der Waals surface area contributed by atoms with Gasteiger partial charge in [-0.25, -0.2) is 0 Å². The van der Waals surface area contributed by atoms with Crippen LogP contribution in [0.15, 0.2) is 83.0 Å². The molecule has 0 radical (unpaired) electrons. The predicted octanol–water partition coefficient (Wildman–Crippen LogP) is 4.24. The topological polar surface area (TPSA) is 123 Å². The molecule has 11 heteroatoms. The van der Waals surface area contributed by atoms with Crippen LogP contribution in [0.3, 0.4) is 0 Å². The largest absolute Gasteiger partial charge is 0.508 e. The lowest BCUT2D eigenvalue weighted by Crippen LogP contribution is -2.33. The molecule has 1 unspecified atom stereocenters. The third kappa shape index (κ3) is 4.81. The Balaban J connectivity index is 1.42. The number of para-hydroxylation sites is 1. The highest BCUT2D eigenvalue weighted by Crippen LogP contribution is 2.35. The number of nitrogens with one attached hydrogen (secondary N) is 2. The van der Waals surface area contributed by atoms with Crippen LogP contribution >= 0.6 is 23.4 Å². The average Bonchev–Trinajstić information content (AvgIpc) is 3.35. The molecule has 1 saturated heterocycles. The zero-order chi connectivity index (χ0) is 25.2. The monoisotopic (exact) mass is 519 g/mol. The molecule has 180 valence electrons. The van der Waals surface area contributed by atoms with Crippen molar-refractivity contribution in [1.82, 2.24) is 0 Å². The highest BCUT2D eigenvalue weighted by atomic mass is 35.5. The van der Waals surface area contributed by atoms with Crippen LogP contribution in [0.2, 0.25) is 5.02 Å². The molecular formula is C25H18ClN5O4S. The van der Waals surface area contributed by atoms with Crippen molar-refractivity contribution in [1.29, 1.82) is 0 Å². The summed E-state index contributed by atoms with van der Waals surface area (Å²) in [6, 6.07) is 19.7. The number of benzene rings is 3. The van der Waals surface area contributed by atoms with Crippen LogP contribution in [-0.4, -0.2) is 39.0 Å². The molecule has 9 nitrogen and oxygen atoms in total. The molecule has 1 fully saturated rings. The normalized spacial score (nSPS) is 19.0. The van der Waals surface area contributed by atoms with Crippen molar-refractivity contribution in [2.24, 2.45) is 10.2 Å². The molecule has 0 aromatic heterocycles. The zero-order valence-electron chi connectivity index (χ0n) is 18.5. The van der Waals surface area contributed by atoms with Crippen LogP contribution in [0.25, 0.3) is 0 Å². The van der Waals surface area contributed by atoms with Crippen molar-refractivity contribution >= 4 is 69.0 Å². The molecule has 2 heterocycles. The number of phenols is 1. The number of carbonyl (C=O) groups excluding carboxylic acids is 3. The number of anilines is 3. The number of phenolic OH excluding ortho intramolecular Hbond substituents is 1. The molecule has 0 saturated carbocycles. The maximum absolute atomic E-state index is 13.3. The minimum atomic E-state index is -0.769. The number of fused-ring (bicyclic) bond motifs is 1. The Hall–Kier alpha value is -4.15. The average molecular weight is 520 g/mol. The van der Waals surface area contributed by atoms with Crippen molar-refractivity contribution in [2.45, 2.75) is 11.7 Å². The van der Waals surface area contributed by atoms with E-state index in [1.54, 1.807) is 60.7 Å². The van der Waals surface area contributed by atoms with Gasteiger partial charge < -0.3 is 15.7 Å². The number of amidine groups is 1. The Bertz CT molecular complexity index is 1420. The number of rotatable bonds is 5. The second-order valence-corrected chi connectivity index (χ2v) is 9.49. The zero-order valence-corrected chi connectivity index (χ0v) is 20.1. The summed E-state index contributed by atoms with van der Waals surface area (Å²) in [7, 11) is 0. The number of nitrogens with zero attached hydrogens (tertiary/aromatic N) is 3. The highest BCUT2D eigenvalue weighted by Gasteiger charge is 2.40. The third-order valence-corrected chi connectivity index (χ3v) is 6.80. The van der Waals surface area contributed by atoms with Gasteiger partial charge in [-0.2, -0.15) is 0 Å². The predicted molar refractivity (Wildman–Crippen MR) is 141 cm³/mol. The molecule has 36 heavy (non-hydrogen) atoms. The van der Waals surface area contributed by atoms with Crippen molar-refractivity contribution < 1.29 is 19.5 Å². The van der Waals surface area contributed by atoms with Gasteiger partial charge in [-0.05, 0) is 54.6 Å². The van der Waals surface area contributed by atoms with E-state index in [2.05, 4.69) is 20.8 Å². The molecule has 1 atom stereocenters. The Morgan fingerprint density at radius 1 is 1.03 bits per heavy atom. The molecule has 2 aliphatic rings. The van der Waals surface area contributed by atoms with Crippen molar-refractivity contribution in [2.75, 3.05) is 15.5 Å². The lowest BCUT2D eigenvalue weighted by atomic mass is 10.1. The third-order valence-electron chi connectivity index (χ3n) is 5.42. The second-order valence-electron chi connectivity index (χ2n) is 7.89. The number of thioether (sulfide) groups is 1. The standard InChI is InChI=1S/C25H18ClN5O4S/c26-14-5-7-15(8-6-14)27-21(33)13-20-24(35)31(16-9-11-17(32)12-10-16)25(36-20)30-29-22-18-3-1-2-4-19(18)28-23(22)34/h1-12,20,32H,13H2,(H,27,33)(H,28,29,34). The van der Waals surface area contributed by atoms with E-state index in [9.17, 15) is 19.5 Å². The summed E-state index contributed by atoms with van der Waals surface area (Å²) in [5, 5.41) is 23.5. The molecule has 3 aromatic carbocycles. The summed E-state index contributed by atoms with van der Waals surface area (Å²) in [5.41, 5.74) is 2.36. The SMILES string of the molecule is O=C(CC1SC(=N/N=C2\C(=O)Nc3ccccc32)N(c2ccc(O)cc2)C1=O)Nc1ccc(Cl)cc1. The molecule has 0 bridgehead atoms. The quantitative estimate of drug-likeness (QED) is 0.435. The number of amides is 3. The fourth-order valence-corrected chi connectivity index (χ4v) is 4.92. The lowest BCUT2D eigenvalue weighted by molar-refractivity contribution is -0.121. The summed E-state index contributed by atoms with van der Waals surface area (Å²) in [6.45, 7) is 0. The van der Waals surface area contributed by atoms with E-state index in [0.717, 1.165) is 11.8 Å². The van der Waals surface area contributed by atoms with E-state index in [0.29, 0.717) is 27.6 Å². The molecule has 2 aliphatic heterocycles. The first kappa shape index (κ1) is 23.6. The number of carbonyl (C=O) groups is 3. The van der Waals surface area contributed by atoms with E-state index in [1.165, 1.54) is 17.0 Å². The first-order chi connectivity index (χ1) is 17.4. The van der Waals surface area contributed by atoms with E-state index in [4.69, 9.17) is 11.6 Å². The molecule has 3 amide bonds. The molecule has 3 aromatic rings. The first-order valence-electron chi connectivity index (χ1n) is 10.8. The first-order valence-corrected chi connectivity index (χ1v) is 12.1. The summed E-state index contributed by atoms with van der Waals surface area (Å²) in [4.78, 5) is 39.7. The Morgan fingerprint density at radius 3 is 2.50 bits per heavy atom. The van der Waals surface area contributed by atoms with E-state index in [-0.39, 0.29) is 34.9 Å². The van der Waals surface area contributed by atoms with Gasteiger partial charge in [0.25, 0.3) is 5.91 Å². The number of halogens is 1. The van der Waals surface area contributed by atoms with Gasteiger partial charge in [-0.3, -0.25) is 19.3 Å². The Labute approximate surface area is 214 Å². The fraction of sp³-hybridized carbons (Fsp3) is 0.0800. The van der Waals surface area contributed by atoms with Gasteiger partial charge >= 0.3 is 0 Å². The van der Waals surface area contributed by atoms with Crippen molar-refractivity contribution in [3.8, 4) is 5.75 Å². The van der Waals surface area contributed by atoms with Gasteiger partial charge in [0, 0.05) is 22.7 Å². The minimum Gasteiger partial charge on any atom is -0.508 e. The van der Waals surface area contributed by atoms with Gasteiger partial charge in [-0.15, -0.1) is 10.2 Å². The van der Waals surface area contributed by atoms with Crippen LogP contribution in [0.4, 0.5) is 17.1 Å². The number of hydrogen-bond acceptors (Lipinski definition) is 7. The van der Waals surface area contributed by atoms with E-state index in [1.807, 2.05) is 0 Å². The maximum atomic E-state index is 13.3. The molecule has 5 rings (SSSR count). The summed E-state index contributed by atoms with van der Waals surface area (Å²) in [5.74, 6) is -1.09. The number of hydrogen-bond donors (Lipinski definition) is 3. The fourth-order valence-electron chi connectivity index (χ4n) is 3.71. The molecule has 3 N–H and O–H groups in total. The summed E-state index contributed by atoms with van der Waals surface area (Å²) >= 11 is 6.96. The molecule has 0 aliphatic carbocycles. The number of aromatic hydroxyl groups is 1. The van der Waals surface area contributed by atoms with E-state index < -0.39 is 11.2 Å². The van der Waals surface area contributed by atoms with Crippen molar-refractivity contribution in [3.63, 3.8) is 0 Å².